The first kappa shape index (κ1) is 13.1. The number of rotatable bonds is 2. The molecule has 4 nitrogen and oxygen atoms in total. The second kappa shape index (κ2) is 5.23. The maximum Gasteiger partial charge on any atom is 0.195 e. The lowest BCUT2D eigenvalue weighted by atomic mass is 10.1. The van der Waals surface area contributed by atoms with Gasteiger partial charge in [-0.1, -0.05) is 23.2 Å². The van der Waals surface area contributed by atoms with Crippen molar-refractivity contribution < 1.29 is 0 Å². The van der Waals surface area contributed by atoms with Crippen molar-refractivity contribution >= 4 is 23.2 Å². The zero-order valence-corrected chi connectivity index (χ0v) is 12.1. The fourth-order valence-corrected chi connectivity index (χ4v) is 2.43. The number of aryl methyl sites for hydroxylation is 1. The van der Waals surface area contributed by atoms with Crippen LogP contribution < -0.4 is 0 Å². The van der Waals surface area contributed by atoms with Crippen LogP contribution in [0.15, 0.2) is 36.7 Å². The molecule has 0 saturated carbocycles. The number of aromatic nitrogens is 4. The number of halogens is 2. The molecule has 0 bridgehead atoms. The number of H-pyrrole nitrogens is 1. The van der Waals surface area contributed by atoms with Crippen LogP contribution >= 0.6 is 23.2 Å². The van der Waals surface area contributed by atoms with Gasteiger partial charge in [-0.25, -0.2) is 15.0 Å². The second-order valence-corrected chi connectivity index (χ2v) is 5.10. The highest BCUT2D eigenvalue weighted by Crippen LogP contribution is 2.32. The lowest BCUT2D eigenvalue weighted by Crippen LogP contribution is -1.88. The number of hydrogen-bond donors (Lipinski definition) is 1. The van der Waals surface area contributed by atoms with Gasteiger partial charge in [0.05, 0.1) is 10.7 Å². The first-order chi connectivity index (χ1) is 9.65. The van der Waals surface area contributed by atoms with Crippen LogP contribution in [0.4, 0.5) is 0 Å². The highest BCUT2D eigenvalue weighted by Gasteiger charge is 2.14. The maximum absolute atomic E-state index is 6.22. The summed E-state index contributed by atoms with van der Waals surface area (Å²) in [5, 5.41) is 1.16. The molecule has 1 aromatic carbocycles. The molecule has 0 amide bonds. The molecule has 0 radical (unpaired) electrons. The lowest BCUT2D eigenvalue weighted by molar-refractivity contribution is 1.11. The third-order valence-corrected chi connectivity index (χ3v) is 3.40. The Kier molecular flexibility index (Phi) is 3.42. The maximum atomic E-state index is 6.22. The Hall–Kier alpha value is -1.91. The standard InChI is InChI=1S/C14H10Cl2N4/c1-8-12(10-4-3-9(15)7-11(10)16)20-14(19-8)13-17-5-2-6-18-13/h2-7H,1H3,(H,19,20). The number of nitrogens with zero attached hydrogens (tertiary/aromatic N) is 3. The highest BCUT2D eigenvalue weighted by molar-refractivity contribution is 6.36. The monoisotopic (exact) mass is 304 g/mol. The molecule has 3 rings (SSSR count). The zero-order valence-electron chi connectivity index (χ0n) is 10.6. The molecule has 0 aliphatic carbocycles. The third-order valence-electron chi connectivity index (χ3n) is 2.85. The largest absolute Gasteiger partial charge is 0.339 e. The number of nitrogens with one attached hydrogen (secondary N) is 1. The molecule has 0 aliphatic rings. The smallest absolute Gasteiger partial charge is 0.195 e. The van der Waals surface area contributed by atoms with Gasteiger partial charge in [0.1, 0.15) is 0 Å². The molecule has 0 fully saturated rings. The van der Waals surface area contributed by atoms with E-state index in [2.05, 4.69) is 19.9 Å². The quantitative estimate of drug-likeness (QED) is 0.774. The number of imidazole rings is 1. The molecule has 0 atom stereocenters. The van der Waals surface area contributed by atoms with Crippen molar-refractivity contribution in [3.63, 3.8) is 0 Å². The van der Waals surface area contributed by atoms with Gasteiger partial charge in [-0.3, -0.25) is 0 Å². The number of aromatic amines is 1. The molecule has 100 valence electrons. The van der Waals surface area contributed by atoms with Gasteiger partial charge < -0.3 is 4.98 Å². The minimum absolute atomic E-state index is 0.548. The van der Waals surface area contributed by atoms with Crippen molar-refractivity contribution in [3.8, 4) is 22.9 Å². The average Bonchev–Trinajstić information content (AvgIpc) is 2.82. The predicted octanol–water partition coefficient (Wildman–Crippen LogP) is 4.15. The van der Waals surface area contributed by atoms with Gasteiger partial charge in [-0.15, -0.1) is 0 Å². The Balaban J connectivity index is 2.10. The Morgan fingerprint density at radius 3 is 2.55 bits per heavy atom. The van der Waals surface area contributed by atoms with Crippen molar-refractivity contribution in [2.45, 2.75) is 6.92 Å². The van der Waals surface area contributed by atoms with Gasteiger partial charge >= 0.3 is 0 Å². The van der Waals surface area contributed by atoms with Gasteiger partial charge in [0, 0.05) is 28.7 Å². The van der Waals surface area contributed by atoms with Crippen molar-refractivity contribution in [2.75, 3.05) is 0 Å². The van der Waals surface area contributed by atoms with E-state index in [1.54, 1.807) is 30.6 Å². The van der Waals surface area contributed by atoms with Crippen LogP contribution in [0, 0.1) is 6.92 Å². The van der Waals surface area contributed by atoms with Gasteiger partial charge in [-0.2, -0.15) is 0 Å². The van der Waals surface area contributed by atoms with E-state index in [0.29, 0.717) is 21.7 Å². The average molecular weight is 305 g/mol. The van der Waals surface area contributed by atoms with E-state index in [4.69, 9.17) is 23.2 Å². The molecule has 0 saturated heterocycles. The minimum atomic E-state index is 0.548. The summed E-state index contributed by atoms with van der Waals surface area (Å²) in [5.41, 5.74) is 2.50. The Labute approximate surface area is 125 Å². The van der Waals surface area contributed by atoms with E-state index in [1.807, 2.05) is 13.0 Å². The van der Waals surface area contributed by atoms with Crippen molar-refractivity contribution in [3.05, 3.63) is 52.4 Å². The summed E-state index contributed by atoms with van der Waals surface area (Å²) in [7, 11) is 0. The summed E-state index contributed by atoms with van der Waals surface area (Å²) in [6.07, 6.45) is 3.35. The second-order valence-electron chi connectivity index (χ2n) is 4.26. The minimum Gasteiger partial charge on any atom is -0.339 e. The van der Waals surface area contributed by atoms with E-state index in [9.17, 15) is 0 Å². The molecule has 2 aromatic heterocycles. The first-order valence-corrected chi connectivity index (χ1v) is 6.70. The summed E-state index contributed by atoms with van der Waals surface area (Å²) >= 11 is 12.1. The molecule has 0 aliphatic heterocycles. The fourth-order valence-electron chi connectivity index (χ4n) is 1.93. The SMILES string of the molecule is Cc1[nH]c(-c2ncccn2)nc1-c1ccc(Cl)cc1Cl. The first-order valence-electron chi connectivity index (χ1n) is 5.94. The molecule has 1 N–H and O–H groups in total. The van der Waals surface area contributed by atoms with Crippen LogP contribution in [0.1, 0.15) is 5.69 Å². The van der Waals surface area contributed by atoms with E-state index in [0.717, 1.165) is 17.0 Å². The summed E-state index contributed by atoms with van der Waals surface area (Å²) in [4.78, 5) is 16.1. The fraction of sp³-hybridized carbons (Fsp3) is 0.0714. The molecule has 2 heterocycles. The molecular formula is C14H10Cl2N4. The van der Waals surface area contributed by atoms with Gasteiger partial charge in [0.15, 0.2) is 11.6 Å². The van der Waals surface area contributed by atoms with Crippen LogP contribution in [-0.4, -0.2) is 19.9 Å². The van der Waals surface area contributed by atoms with Crippen LogP contribution in [0.5, 0.6) is 0 Å². The Morgan fingerprint density at radius 1 is 1.10 bits per heavy atom. The zero-order chi connectivity index (χ0) is 14.1. The summed E-state index contributed by atoms with van der Waals surface area (Å²) in [5.74, 6) is 1.16. The lowest BCUT2D eigenvalue weighted by Gasteiger charge is -2.02. The predicted molar refractivity (Wildman–Crippen MR) is 79.8 cm³/mol. The van der Waals surface area contributed by atoms with E-state index < -0.39 is 0 Å². The number of hydrogen-bond acceptors (Lipinski definition) is 3. The van der Waals surface area contributed by atoms with Crippen LogP contribution in [0.2, 0.25) is 10.0 Å². The Bertz CT molecular complexity index is 753. The molecule has 0 unspecified atom stereocenters. The number of benzene rings is 1. The molecule has 3 aromatic rings. The Morgan fingerprint density at radius 2 is 1.85 bits per heavy atom. The van der Waals surface area contributed by atoms with E-state index in [1.165, 1.54) is 0 Å². The van der Waals surface area contributed by atoms with Crippen LogP contribution in [-0.2, 0) is 0 Å². The van der Waals surface area contributed by atoms with Crippen molar-refractivity contribution in [1.82, 2.24) is 19.9 Å². The summed E-state index contributed by atoms with van der Waals surface area (Å²) in [6, 6.07) is 7.10. The highest BCUT2D eigenvalue weighted by atomic mass is 35.5. The summed E-state index contributed by atoms with van der Waals surface area (Å²) in [6.45, 7) is 1.93. The third kappa shape index (κ3) is 2.40. The van der Waals surface area contributed by atoms with Crippen molar-refractivity contribution in [2.24, 2.45) is 0 Å². The van der Waals surface area contributed by atoms with E-state index in [-0.39, 0.29) is 0 Å². The van der Waals surface area contributed by atoms with Gasteiger partial charge in [0.2, 0.25) is 0 Å². The van der Waals surface area contributed by atoms with Crippen molar-refractivity contribution in [1.29, 1.82) is 0 Å². The molecular weight excluding hydrogens is 295 g/mol. The van der Waals surface area contributed by atoms with Gasteiger partial charge in [0.25, 0.3) is 0 Å². The topological polar surface area (TPSA) is 54.5 Å². The van der Waals surface area contributed by atoms with Crippen LogP contribution in [0.25, 0.3) is 22.9 Å². The molecule has 6 heteroatoms. The molecule has 20 heavy (non-hydrogen) atoms. The van der Waals surface area contributed by atoms with E-state index >= 15 is 0 Å². The van der Waals surface area contributed by atoms with Crippen LogP contribution in [0.3, 0.4) is 0 Å². The normalized spacial score (nSPS) is 10.8. The van der Waals surface area contributed by atoms with Gasteiger partial charge in [-0.05, 0) is 31.2 Å². The summed E-state index contributed by atoms with van der Waals surface area (Å²) < 4.78 is 0. The molecule has 0 spiro atoms.